The van der Waals surface area contributed by atoms with E-state index in [1.807, 2.05) is 67.5 Å². The third kappa shape index (κ3) is 5.90. The summed E-state index contributed by atoms with van der Waals surface area (Å²) in [5.74, 6) is -0.182. The number of amides is 1. The van der Waals surface area contributed by atoms with Crippen LogP contribution in [0.25, 0.3) is 23.4 Å². The van der Waals surface area contributed by atoms with Crippen LogP contribution in [0.15, 0.2) is 60.7 Å². The zero-order valence-corrected chi connectivity index (χ0v) is 23.0. The summed E-state index contributed by atoms with van der Waals surface area (Å²) in [4.78, 5) is 19.4. The Hall–Kier alpha value is -3.13. The number of fused-ring (bicyclic) bond motifs is 1. The van der Waals surface area contributed by atoms with Crippen LogP contribution in [0.5, 0.6) is 0 Å². The number of carbonyl (C=O) groups is 1. The molecule has 0 fully saturated rings. The number of benzene rings is 2. The molecule has 0 saturated carbocycles. The van der Waals surface area contributed by atoms with Gasteiger partial charge in [0.1, 0.15) is 16.7 Å². The van der Waals surface area contributed by atoms with Crippen molar-refractivity contribution in [3.63, 3.8) is 0 Å². The van der Waals surface area contributed by atoms with Gasteiger partial charge in [0, 0.05) is 38.4 Å². The molecule has 1 aromatic heterocycles. The molecule has 0 spiro atoms. The number of nitrogens with zero attached hydrogens (tertiary/aromatic N) is 3. The van der Waals surface area contributed by atoms with E-state index in [-0.39, 0.29) is 18.6 Å². The summed E-state index contributed by atoms with van der Waals surface area (Å²) in [6.45, 7) is 6.24. The average Bonchev–Trinajstić information content (AvgIpc) is 3.24. The van der Waals surface area contributed by atoms with Crippen molar-refractivity contribution in [1.82, 2.24) is 14.2 Å². The number of aliphatic hydroxyl groups excluding tert-OH is 1. The van der Waals surface area contributed by atoms with Crippen LogP contribution in [0.3, 0.4) is 0 Å². The van der Waals surface area contributed by atoms with Crippen molar-refractivity contribution >= 4 is 29.0 Å². The summed E-state index contributed by atoms with van der Waals surface area (Å²) in [6.07, 6.45) is 4.55. The number of hydrogen-bond acceptors (Lipinski definition) is 4. The minimum absolute atomic E-state index is 0.0420. The van der Waals surface area contributed by atoms with Gasteiger partial charge in [0.15, 0.2) is 0 Å². The van der Waals surface area contributed by atoms with Crippen LogP contribution in [0.4, 0.5) is 0 Å². The number of pyridine rings is 1. The number of aliphatic hydroxyl groups is 1. The van der Waals surface area contributed by atoms with Crippen LogP contribution in [-0.2, 0) is 17.5 Å². The summed E-state index contributed by atoms with van der Waals surface area (Å²) in [5.41, 5.74) is 5.91. The van der Waals surface area contributed by atoms with E-state index in [2.05, 4.69) is 30.4 Å². The van der Waals surface area contributed by atoms with Crippen molar-refractivity contribution in [2.24, 2.45) is 0 Å². The minimum Gasteiger partial charge on any atom is -0.396 e. The largest absolute Gasteiger partial charge is 0.396 e. The second-order valence-corrected chi connectivity index (χ2v) is 12.7. The molecule has 0 radical (unpaired) electrons. The summed E-state index contributed by atoms with van der Waals surface area (Å²) >= 11 is 0. The summed E-state index contributed by atoms with van der Waals surface area (Å²) in [6, 6.07) is 19.7. The number of hydrogen-bond donors (Lipinski definition) is 1. The summed E-state index contributed by atoms with van der Waals surface area (Å²) in [7, 11) is 2.12. The molecule has 0 bridgehead atoms. The Kier molecular flexibility index (Phi) is 8.07. The lowest BCUT2D eigenvalue weighted by Gasteiger charge is -2.30. The van der Waals surface area contributed by atoms with Crippen molar-refractivity contribution < 1.29 is 14.1 Å². The molecule has 3 aromatic rings. The van der Waals surface area contributed by atoms with Gasteiger partial charge in [-0.05, 0) is 56.0 Å². The van der Waals surface area contributed by atoms with Crippen LogP contribution in [0.1, 0.15) is 66.0 Å². The fourth-order valence-electron chi connectivity index (χ4n) is 4.57. The highest BCUT2D eigenvalue weighted by Crippen LogP contribution is 2.44. The van der Waals surface area contributed by atoms with E-state index in [1.165, 1.54) is 4.90 Å². The molecule has 6 nitrogen and oxygen atoms in total. The predicted molar refractivity (Wildman–Crippen MR) is 151 cm³/mol. The van der Waals surface area contributed by atoms with Crippen molar-refractivity contribution in [3.8, 4) is 11.3 Å². The average molecular weight is 518 g/mol. The van der Waals surface area contributed by atoms with Gasteiger partial charge >= 0.3 is 0 Å². The van der Waals surface area contributed by atoms with E-state index in [0.29, 0.717) is 24.4 Å². The monoisotopic (exact) mass is 517 g/mol. The minimum atomic E-state index is -1.30. The molecule has 0 aliphatic carbocycles. The van der Waals surface area contributed by atoms with Crippen molar-refractivity contribution in [1.29, 1.82) is 0 Å². The molecule has 1 aliphatic rings. The Bertz CT molecular complexity index is 1330. The molecule has 4 rings (SSSR count). The second kappa shape index (κ2) is 11.1. The number of carbonyl (C=O) groups excluding carboxylic acids is 1. The van der Waals surface area contributed by atoms with Gasteiger partial charge in [0.2, 0.25) is 0 Å². The Balaban J connectivity index is 1.85. The first-order valence-corrected chi connectivity index (χ1v) is 13.6. The van der Waals surface area contributed by atoms with Crippen LogP contribution in [0.2, 0.25) is 0 Å². The smallest absolute Gasteiger partial charge is 0.271 e. The van der Waals surface area contributed by atoms with Gasteiger partial charge in [-0.1, -0.05) is 60.7 Å². The molecule has 37 heavy (non-hydrogen) atoms. The van der Waals surface area contributed by atoms with Gasteiger partial charge in [-0.3, -0.25) is 4.79 Å². The van der Waals surface area contributed by atoms with Crippen LogP contribution >= 0.6 is 0 Å². The van der Waals surface area contributed by atoms with Crippen molar-refractivity contribution in [2.75, 3.05) is 20.7 Å². The molecule has 194 valence electrons. The molecular weight excluding hydrogens is 482 g/mol. The van der Waals surface area contributed by atoms with Crippen molar-refractivity contribution in [2.45, 2.75) is 44.5 Å². The third-order valence-electron chi connectivity index (χ3n) is 6.34. The van der Waals surface area contributed by atoms with E-state index in [4.69, 9.17) is 4.98 Å². The first-order chi connectivity index (χ1) is 17.6. The highest BCUT2D eigenvalue weighted by atomic mass is 32.2. The van der Waals surface area contributed by atoms with E-state index >= 15 is 0 Å². The van der Waals surface area contributed by atoms with Gasteiger partial charge in [-0.15, -0.1) is 0 Å². The summed E-state index contributed by atoms with van der Waals surface area (Å²) < 4.78 is 15.0. The topological polar surface area (TPSA) is 73.7 Å². The molecule has 7 heteroatoms. The Labute approximate surface area is 222 Å². The van der Waals surface area contributed by atoms with E-state index in [0.717, 1.165) is 27.8 Å². The second-order valence-electron chi connectivity index (χ2n) is 10.5. The zero-order chi connectivity index (χ0) is 26.7. The van der Waals surface area contributed by atoms with Gasteiger partial charge in [-0.2, -0.15) is 0 Å². The lowest BCUT2D eigenvalue weighted by atomic mass is 9.95. The Morgan fingerprint density at radius 3 is 2.41 bits per heavy atom. The summed E-state index contributed by atoms with van der Waals surface area (Å²) in [5, 5.41) is 9.94. The van der Waals surface area contributed by atoms with Crippen LogP contribution in [-0.4, -0.2) is 54.9 Å². The maximum absolute atomic E-state index is 13.5. The maximum atomic E-state index is 13.5. The van der Waals surface area contributed by atoms with E-state index < -0.39 is 15.7 Å². The van der Waals surface area contributed by atoms with Gasteiger partial charge in [-0.25, -0.2) is 13.5 Å². The zero-order valence-electron chi connectivity index (χ0n) is 22.1. The highest BCUT2D eigenvalue weighted by Gasteiger charge is 2.40. The van der Waals surface area contributed by atoms with E-state index in [1.54, 1.807) is 14.1 Å². The van der Waals surface area contributed by atoms with Crippen LogP contribution in [0, 0.1) is 0 Å². The number of rotatable bonds is 7. The Morgan fingerprint density at radius 2 is 1.76 bits per heavy atom. The third-order valence-corrected chi connectivity index (χ3v) is 8.20. The predicted octanol–water partition coefficient (Wildman–Crippen LogP) is 5.32. The molecule has 2 atom stereocenters. The fourth-order valence-corrected chi connectivity index (χ4v) is 5.98. The molecule has 2 aromatic carbocycles. The van der Waals surface area contributed by atoms with E-state index in [9.17, 15) is 14.1 Å². The van der Waals surface area contributed by atoms with Crippen LogP contribution < -0.4 is 0 Å². The standard InChI is InChI=1S/C30H35N3O3S/c1-30(2,3)37(36)33-20-24-19-25(29(35)32(4)5)31-28(27(24)26(33)16-17-34)23-13-9-12-22(18-23)15-14-21-10-7-6-8-11-21/h6-15,18-19,26,34H,16-17,20H2,1-5H3/b15-14+/t26-,37-/m0/s1. The van der Waals surface area contributed by atoms with Gasteiger partial charge in [0.05, 0.1) is 16.5 Å². The molecule has 1 amide bonds. The molecule has 1 N–H and O–H groups in total. The first-order valence-electron chi connectivity index (χ1n) is 12.5. The number of aromatic nitrogens is 1. The van der Waals surface area contributed by atoms with Gasteiger partial charge in [0.25, 0.3) is 5.91 Å². The molecule has 1 aliphatic heterocycles. The normalized spacial score (nSPS) is 16.6. The molecule has 0 unspecified atom stereocenters. The lowest BCUT2D eigenvalue weighted by Crippen LogP contribution is -2.36. The first kappa shape index (κ1) is 26.9. The van der Waals surface area contributed by atoms with Crippen molar-refractivity contribution in [3.05, 3.63) is 88.6 Å². The molecule has 0 saturated heterocycles. The quantitative estimate of drug-likeness (QED) is 0.431. The lowest BCUT2D eigenvalue weighted by molar-refractivity contribution is 0.0822. The Morgan fingerprint density at radius 1 is 1.08 bits per heavy atom. The SMILES string of the molecule is CN(C)C(=O)c1cc2c(c(-c3cccc(/C=C/c4ccccc4)c3)n1)[C@H](CCO)N([S@@](=O)C(C)(C)C)C2. The molecular formula is C30H35N3O3S. The fraction of sp³-hybridized carbons (Fsp3) is 0.333. The van der Waals surface area contributed by atoms with Gasteiger partial charge < -0.3 is 10.0 Å². The highest BCUT2D eigenvalue weighted by molar-refractivity contribution is 7.84. The molecule has 2 heterocycles. The maximum Gasteiger partial charge on any atom is 0.271 e.